The summed E-state index contributed by atoms with van der Waals surface area (Å²) in [6, 6.07) is 6.74. The van der Waals surface area contributed by atoms with Crippen LogP contribution in [-0.4, -0.2) is 22.8 Å². The SMILES string of the molecule is C=C(NC1CCCC(Nc2cc(C(F)(F)F)nc3ccc(C)cc23)C1)C1=NC=CC1. The number of nitrogens with one attached hydrogen (secondary N) is 2. The number of pyridine rings is 1. The van der Waals surface area contributed by atoms with Crippen molar-refractivity contribution in [1.82, 2.24) is 10.3 Å². The van der Waals surface area contributed by atoms with Crippen LogP contribution in [0.1, 0.15) is 43.4 Å². The Kier molecular flexibility index (Phi) is 5.54. The highest BCUT2D eigenvalue weighted by molar-refractivity contribution is 6.01. The number of benzene rings is 1. The van der Waals surface area contributed by atoms with Crippen molar-refractivity contribution in [3.63, 3.8) is 0 Å². The molecule has 0 amide bonds. The number of rotatable bonds is 5. The lowest BCUT2D eigenvalue weighted by atomic mass is 9.90. The molecule has 0 saturated heterocycles. The van der Waals surface area contributed by atoms with Crippen LogP contribution in [0.15, 0.2) is 53.8 Å². The lowest BCUT2D eigenvalue weighted by molar-refractivity contribution is -0.140. The summed E-state index contributed by atoms with van der Waals surface area (Å²) in [5.74, 6) is 0. The van der Waals surface area contributed by atoms with E-state index in [1.54, 1.807) is 18.3 Å². The third kappa shape index (κ3) is 4.50. The molecule has 4 rings (SSSR count). The Morgan fingerprint density at radius 3 is 2.70 bits per heavy atom. The van der Waals surface area contributed by atoms with Crippen molar-refractivity contribution in [2.45, 2.75) is 57.3 Å². The van der Waals surface area contributed by atoms with Crippen molar-refractivity contribution in [2.75, 3.05) is 5.32 Å². The highest BCUT2D eigenvalue weighted by atomic mass is 19.4. The van der Waals surface area contributed by atoms with Crippen LogP contribution in [0.5, 0.6) is 0 Å². The Labute approximate surface area is 174 Å². The number of fused-ring (bicyclic) bond motifs is 1. The van der Waals surface area contributed by atoms with E-state index in [-0.39, 0.29) is 12.1 Å². The van der Waals surface area contributed by atoms with Gasteiger partial charge in [-0.3, -0.25) is 4.99 Å². The van der Waals surface area contributed by atoms with E-state index in [0.717, 1.165) is 55.1 Å². The Hall–Kier alpha value is -2.83. The van der Waals surface area contributed by atoms with Gasteiger partial charge in [0.25, 0.3) is 0 Å². The van der Waals surface area contributed by atoms with Gasteiger partial charge in [0.15, 0.2) is 0 Å². The maximum absolute atomic E-state index is 13.4. The predicted molar refractivity (Wildman–Crippen MR) is 115 cm³/mol. The van der Waals surface area contributed by atoms with E-state index in [9.17, 15) is 13.2 Å². The molecular weight excluding hydrogens is 389 g/mol. The first-order chi connectivity index (χ1) is 14.3. The van der Waals surface area contributed by atoms with Gasteiger partial charge in [-0.25, -0.2) is 4.98 Å². The second kappa shape index (κ2) is 8.13. The van der Waals surface area contributed by atoms with Gasteiger partial charge in [-0.05, 0) is 50.8 Å². The van der Waals surface area contributed by atoms with Crippen molar-refractivity contribution in [3.05, 3.63) is 60.1 Å². The van der Waals surface area contributed by atoms with Gasteiger partial charge in [-0.1, -0.05) is 24.3 Å². The fourth-order valence-corrected chi connectivity index (χ4v) is 4.17. The molecule has 0 radical (unpaired) electrons. The number of halogens is 3. The molecule has 1 fully saturated rings. The van der Waals surface area contributed by atoms with Gasteiger partial charge in [-0.2, -0.15) is 13.2 Å². The van der Waals surface area contributed by atoms with Gasteiger partial charge in [0.1, 0.15) is 5.69 Å². The molecule has 2 N–H and O–H groups in total. The van der Waals surface area contributed by atoms with E-state index < -0.39 is 11.9 Å². The van der Waals surface area contributed by atoms with Crippen molar-refractivity contribution < 1.29 is 13.2 Å². The fourth-order valence-electron chi connectivity index (χ4n) is 4.17. The minimum absolute atomic E-state index is 0.0693. The zero-order valence-electron chi connectivity index (χ0n) is 16.9. The first-order valence-electron chi connectivity index (χ1n) is 10.2. The van der Waals surface area contributed by atoms with E-state index >= 15 is 0 Å². The lowest BCUT2D eigenvalue weighted by Gasteiger charge is -2.32. The van der Waals surface area contributed by atoms with Gasteiger partial charge < -0.3 is 10.6 Å². The molecule has 2 heterocycles. The lowest BCUT2D eigenvalue weighted by Crippen LogP contribution is -2.39. The molecule has 2 atom stereocenters. The summed E-state index contributed by atoms with van der Waals surface area (Å²) in [4.78, 5) is 8.14. The smallest absolute Gasteiger partial charge is 0.382 e. The molecule has 0 bridgehead atoms. The summed E-state index contributed by atoms with van der Waals surface area (Å²) in [5, 5.41) is 7.56. The maximum atomic E-state index is 13.4. The molecule has 4 nitrogen and oxygen atoms in total. The zero-order chi connectivity index (χ0) is 21.3. The Morgan fingerprint density at radius 2 is 1.97 bits per heavy atom. The first kappa shape index (κ1) is 20.4. The van der Waals surface area contributed by atoms with E-state index in [1.165, 1.54) is 0 Å². The molecule has 2 aromatic rings. The van der Waals surface area contributed by atoms with Gasteiger partial charge in [-0.15, -0.1) is 0 Å². The summed E-state index contributed by atoms with van der Waals surface area (Å²) >= 11 is 0. The molecule has 1 aromatic heterocycles. The molecule has 2 unspecified atom stereocenters. The summed E-state index contributed by atoms with van der Waals surface area (Å²) < 4.78 is 40.1. The summed E-state index contributed by atoms with van der Waals surface area (Å²) in [6.07, 6.45) is 3.76. The molecule has 1 saturated carbocycles. The standard InChI is InChI=1S/C23H25F3N4/c1-14-8-9-20-18(11-14)21(13-22(30-20)23(24,25)26)29-17-6-3-5-16(12-17)28-15(2)19-7-4-10-27-19/h4,8-11,13,16-17,28H,2-3,5-7,12H2,1H3,(H,29,30). The van der Waals surface area contributed by atoms with Crippen molar-refractivity contribution in [2.24, 2.45) is 4.99 Å². The molecule has 1 aliphatic heterocycles. The van der Waals surface area contributed by atoms with Crippen molar-refractivity contribution in [3.8, 4) is 0 Å². The number of aryl methyl sites for hydroxylation is 1. The van der Waals surface area contributed by atoms with E-state index in [2.05, 4.69) is 27.2 Å². The maximum Gasteiger partial charge on any atom is 0.433 e. The minimum Gasteiger partial charge on any atom is -0.382 e. The molecular formula is C23H25F3N4. The van der Waals surface area contributed by atoms with Crippen LogP contribution in [0.2, 0.25) is 0 Å². The molecule has 30 heavy (non-hydrogen) atoms. The highest BCUT2D eigenvalue weighted by Crippen LogP contribution is 2.34. The van der Waals surface area contributed by atoms with Crippen LogP contribution in [0.25, 0.3) is 10.9 Å². The van der Waals surface area contributed by atoms with E-state index in [4.69, 9.17) is 0 Å². The fraction of sp³-hybridized carbons (Fsp3) is 0.391. The average molecular weight is 414 g/mol. The van der Waals surface area contributed by atoms with Gasteiger partial charge in [0, 0.05) is 41.5 Å². The van der Waals surface area contributed by atoms with Gasteiger partial charge in [0.2, 0.25) is 0 Å². The number of hydrogen-bond donors (Lipinski definition) is 2. The van der Waals surface area contributed by atoms with Crippen LogP contribution < -0.4 is 10.6 Å². The zero-order valence-corrected chi connectivity index (χ0v) is 16.9. The number of anilines is 1. The highest BCUT2D eigenvalue weighted by Gasteiger charge is 2.34. The monoisotopic (exact) mass is 414 g/mol. The summed E-state index contributed by atoms with van der Waals surface area (Å²) in [6.45, 7) is 6.02. The van der Waals surface area contributed by atoms with Crippen molar-refractivity contribution in [1.29, 1.82) is 0 Å². The quantitative estimate of drug-likeness (QED) is 0.655. The normalized spacial score (nSPS) is 21.5. The number of allylic oxidation sites excluding steroid dienone is 2. The molecule has 158 valence electrons. The summed E-state index contributed by atoms with van der Waals surface area (Å²) in [5.41, 5.74) is 2.73. The molecule has 7 heteroatoms. The van der Waals surface area contributed by atoms with Crippen LogP contribution in [0.4, 0.5) is 18.9 Å². The van der Waals surface area contributed by atoms with Crippen molar-refractivity contribution >= 4 is 22.3 Å². The number of nitrogens with zero attached hydrogens (tertiary/aromatic N) is 2. The number of hydrogen-bond acceptors (Lipinski definition) is 4. The van der Waals surface area contributed by atoms with Gasteiger partial charge >= 0.3 is 6.18 Å². The van der Waals surface area contributed by atoms with Crippen LogP contribution in [-0.2, 0) is 6.18 Å². The van der Waals surface area contributed by atoms with Crippen LogP contribution in [0, 0.1) is 6.92 Å². The Bertz CT molecular complexity index is 1020. The van der Waals surface area contributed by atoms with Crippen LogP contribution >= 0.6 is 0 Å². The molecule has 2 aliphatic rings. The average Bonchev–Trinajstić information content (AvgIpc) is 3.23. The van der Waals surface area contributed by atoms with E-state index in [0.29, 0.717) is 16.6 Å². The number of aromatic nitrogens is 1. The minimum atomic E-state index is -4.49. The number of aliphatic imine (C=N–C) groups is 1. The second-order valence-electron chi connectivity index (χ2n) is 8.07. The summed E-state index contributed by atoms with van der Waals surface area (Å²) in [7, 11) is 0. The first-order valence-corrected chi connectivity index (χ1v) is 10.2. The van der Waals surface area contributed by atoms with Crippen LogP contribution in [0.3, 0.4) is 0 Å². The molecule has 0 spiro atoms. The predicted octanol–water partition coefficient (Wildman–Crippen LogP) is 5.75. The Balaban J connectivity index is 1.54. The van der Waals surface area contributed by atoms with Gasteiger partial charge in [0.05, 0.1) is 11.2 Å². The largest absolute Gasteiger partial charge is 0.433 e. The Morgan fingerprint density at radius 1 is 1.17 bits per heavy atom. The van der Waals surface area contributed by atoms with E-state index in [1.807, 2.05) is 19.1 Å². The topological polar surface area (TPSA) is 49.3 Å². The molecule has 1 aromatic carbocycles. The third-order valence-corrected chi connectivity index (χ3v) is 5.66. The third-order valence-electron chi connectivity index (χ3n) is 5.66. The molecule has 1 aliphatic carbocycles. The number of alkyl halides is 3. The second-order valence-corrected chi connectivity index (χ2v) is 8.07.